The zero-order valence-electron chi connectivity index (χ0n) is 21.4. The van der Waals surface area contributed by atoms with Crippen molar-refractivity contribution in [3.05, 3.63) is 59.4 Å². The fourth-order valence-electron chi connectivity index (χ4n) is 5.93. The standard InChI is InChI=1S/C26H29ClF3N5O3S/c1-23(2)20(21(36)32-11-9-26(28,29)30)33-22(34-23)24-14-25(15-24,16-24)35(13-17-5-7-18(27)8-6-17)39(37,38)19-4-3-10-31-12-19/h3-8,10,12,20H,9,11,13-16H2,1-2H3,(H,32,36)(H,33,34)/t20-,24?,25?/m0/s1. The Labute approximate surface area is 230 Å². The molecule has 4 aliphatic rings. The van der Waals surface area contributed by atoms with E-state index >= 15 is 0 Å². The quantitative estimate of drug-likeness (QED) is 0.463. The second kappa shape index (κ2) is 9.45. The van der Waals surface area contributed by atoms with E-state index in [4.69, 9.17) is 16.6 Å². The Morgan fingerprint density at radius 1 is 1.18 bits per heavy atom. The Bertz CT molecular complexity index is 1380. The number of carbonyl (C=O) groups is 1. The summed E-state index contributed by atoms with van der Waals surface area (Å²) in [6.45, 7) is 3.15. The van der Waals surface area contributed by atoms with Crippen LogP contribution in [0, 0.1) is 5.41 Å². The Morgan fingerprint density at radius 2 is 1.85 bits per heavy atom. The third-order valence-corrected chi connectivity index (χ3v) is 10.0. The first kappa shape index (κ1) is 27.9. The van der Waals surface area contributed by atoms with Gasteiger partial charge in [0.1, 0.15) is 16.8 Å². The molecular weight excluding hydrogens is 555 g/mol. The first-order valence-corrected chi connectivity index (χ1v) is 14.4. The zero-order valence-corrected chi connectivity index (χ0v) is 23.0. The Hall–Kier alpha value is -2.70. The molecule has 8 nitrogen and oxygen atoms in total. The topological polar surface area (TPSA) is 104 Å². The fourth-order valence-corrected chi connectivity index (χ4v) is 7.77. The van der Waals surface area contributed by atoms with Crippen LogP contribution in [0.1, 0.15) is 45.1 Å². The van der Waals surface area contributed by atoms with Crippen LogP contribution in [0.25, 0.3) is 0 Å². The Kier molecular flexibility index (Phi) is 6.75. The second-order valence-electron chi connectivity index (χ2n) is 11.2. The predicted molar refractivity (Wildman–Crippen MR) is 140 cm³/mol. The van der Waals surface area contributed by atoms with Gasteiger partial charge in [0.05, 0.1) is 12.0 Å². The number of halogens is 4. The lowest BCUT2D eigenvalue weighted by Crippen LogP contribution is -2.78. The SMILES string of the molecule is CC1(C)N=C(C23CC(N(Cc4ccc(Cl)cc4)S(=O)(=O)c4cccnc4)(C2)C3)N[C@H]1C(=O)NCCC(F)(F)F. The first-order chi connectivity index (χ1) is 18.2. The second-order valence-corrected chi connectivity index (χ2v) is 13.5. The molecule has 1 amide bonds. The van der Waals surface area contributed by atoms with Crippen LogP contribution < -0.4 is 10.6 Å². The van der Waals surface area contributed by atoms with Crippen LogP contribution in [0.3, 0.4) is 0 Å². The van der Waals surface area contributed by atoms with Crippen molar-refractivity contribution >= 4 is 33.4 Å². The number of amides is 1. The Balaban J connectivity index is 1.33. The van der Waals surface area contributed by atoms with Crippen molar-refractivity contribution in [3.63, 3.8) is 0 Å². The highest BCUT2D eigenvalue weighted by atomic mass is 35.5. The van der Waals surface area contributed by atoms with E-state index in [2.05, 4.69) is 15.6 Å². The number of aliphatic imine (C=N–C) groups is 1. The number of alkyl halides is 3. The number of hydrogen-bond donors (Lipinski definition) is 2. The summed E-state index contributed by atoms with van der Waals surface area (Å²) < 4.78 is 66.7. The minimum atomic E-state index is -4.36. The van der Waals surface area contributed by atoms with Gasteiger partial charge in [0.25, 0.3) is 0 Å². The van der Waals surface area contributed by atoms with Crippen LogP contribution in [0.5, 0.6) is 0 Å². The van der Waals surface area contributed by atoms with Crippen LogP contribution in [-0.4, -0.2) is 59.3 Å². The highest BCUT2D eigenvalue weighted by molar-refractivity contribution is 7.89. The van der Waals surface area contributed by atoms with E-state index in [1.807, 2.05) is 0 Å². The van der Waals surface area contributed by atoms with Crippen molar-refractivity contribution in [3.8, 4) is 0 Å². The molecule has 1 aromatic carbocycles. The van der Waals surface area contributed by atoms with Crippen LogP contribution >= 0.6 is 11.6 Å². The van der Waals surface area contributed by atoms with Crippen molar-refractivity contribution in [2.24, 2.45) is 10.4 Å². The molecule has 3 saturated carbocycles. The summed E-state index contributed by atoms with van der Waals surface area (Å²) in [5.41, 5.74) is -1.12. The molecular formula is C26H29ClF3N5O3S. The maximum absolute atomic E-state index is 13.8. The third-order valence-electron chi connectivity index (χ3n) is 7.85. The molecule has 0 unspecified atom stereocenters. The minimum absolute atomic E-state index is 0.103. The maximum atomic E-state index is 13.8. The van der Waals surface area contributed by atoms with Crippen LogP contribution in [0.2, 0.25) is 5.02 Å². The first-order valence-electron chi connectivity index (χ1n) is 12.5. The summed E-state index contributed by atoms with van der Waals surface area (Å²) in [6, 6.07) is 9.30. The summed E-state index contributed by atoms with van der Waals surface area (Å²) in [7, 11) is -3.89. The van der Waals surface area contributed by atoms with E-state index in [0.717, 1.165) is 5.56 Å². The van der Waals surface area contributed by atoms with Crippen LogP contribution in [0.15, 0.2) is 58.7 Å². The fraction of sp³-hybridized carbons (Fsp3) is 0.500. The molecule has 1 aromatic heterocycles. The van der Waals surface area contributed by atoms with Gasteiger partial charge in [-0.15, -0.1) is 0 Å². The van der Waals surface area contributed by atoms with Gasteiger partial charge in [0.2, 0.25) is 15.9 Å². The monoisotopic (exact) mass is 583 g/mol. The highest BCUT2D eigenvalue weighted by Gasteiger charge is 2.75. The number of aromatic nitrogens is 1. The molecule has 2 bridgehead atoms. The normalized spacial score (nSPS) is 27.3. The van der Waals surface area contributed by atoms with E-state index in [1.54, 1.807) is 44.2 Å². The lowest BCUT2D eigenvalue weighted by Gasteiger charge is -2.72. The number of amidine groups is 1. The summed E-state index contributed by atoms with van der Waals surface area (Å²) in [4.78, 5) is 21.5. The lowest BCUT2D eigenvalue weighted by atomic mass is 9.38. The highest BCUT2D eigenvalue weighted by Crippen LogP contribution is 2.71. The molecule has 13 heteroatoms. The summed E-state index contributed by atoms with van der Waals surface area (Å²) in [5.74, 6) is 0.0587. The largest absolute Gasteiger partial charge is 0.390 e. The molecule has 0 spiro atoms. The summed E-state index contributed by atoms with van der Waals surface area (Å²) in [5, 5.41) is 6.06. The summed E-state index contributed by atoms with van der Waals surface area (Å²) >= 11 is 6.03. The molecule has 0 saturated heterocycles. The van der Waals surface area contributed by atoms with E-state index < -0.39 is 57.6 Å². The van der Waals surface area contributed by atoms with Gasteiger partial charge in [-0.05, 0) is 62.9 Å². The molecule has 2 heterocycles. The zero-order chi connectivity index (χ0) is 28.3. The van der Waals surface area contributed by atoms with Crippen molar-refractivity contribution < 1.29 is 26.4 Å². The van der Waals surface area contributed by atoms with Crippen molar-refractivity contribution in [1.29, 1.82) is 0 Å². The third kappa shape index (κ3) is 5.14. The minimum Gasteiger partial charge on any atom is -0.360 e. The molecule has 39 heavy (non-hydrogen) atoms. The van der Waals surface area contributed by atoms with Gasteiger partial charge in [-0.25, -0.2) is 8.42 Å². The molecule has 0 radical (unpaired) electrons. The van der Waals surface area contributed by atoms with E-state index in [0.29, 0.717) is 30.1 Å². The van der Waals surface area contributed by atoms with Crippen LogP contribution in [-0.2, 0) is 21.4 Å². The number of benzene rings is 1. The number of sulfonamides is 1. The van der Waals surface area contributed by atoms with Crippen molar-refractivity contribution in [1.82, 2.24) is 19.9 Å². The van der Waals surface area contributed by atoms with Gasteiger partial charge < -0.3 is 10.6 Å². The lowest BCUT2D eigenvalue weighted by molar-refractivity contribution is -0.151. The number of hydrogen-bond acceptors (Lipinski definition) is 6. The molecule has 2 N–H and O–H groups in total. The predicted octanol–water partition coefficient (Wildman–Crippen LogP) is 4.07. The van der Waals surface area contributed by atoms with E-state index in [9.17, 15) is 26.4 Å². The molecule has 2 aromatic rings. The van der Waals surface area contributed by atoms with Crippen molar-refractivity contribution in [2.45, 2.75) is 74.3 Å². The van der Waals surface area contributed by atoms with E-state index in [1.165, 1.54) is 22.8 Å². The van der Waals surface area contributed by atoms with Gasteiger partial charge in [0.15, 0.2) is 0 Å². The maximum Gasteiger partial charge on any atom is 0.390 e. The average molecular weight is 584 g/mol. The van der Waals surface area contributed by atoms with Gasteiger partial charge >= 0.3 is 6.18 Å². The number of rotatable bonds is 9. The molecule has 3 fully saturated rings. The summed E-state index contributed by atoms with van der Waals surface area (Å²) in [6.07, 6.45) is -1.09. The van der Waals surface area contributed by atoms with Gasteiger partial charge in [-0.1, -0.05) is 23.7 Å². The smallest absolute Gasteiger partial charge is 0.360 e. The molecule has 210 valence electrons. The average Bonchev–Trinajstić information content (AvgIpc) is 3.12. The van der Waals surface area contributed by atoms with Gasteiger partial charge in [-0.2, -0.15) is 17.5 Å². The number of nitrogens with zero attached hydrogens (tertiary/aromatic N) is 3. The van der Waals surface area contributed by atoms with Gasteiger partial charge in [-0.3, -0.25) is 14.8 Å². The van der Waals surface area contributed by atoms with Crippen molar-refractivity contribution in [2.75, 3.05) is 6.54 Å². The Morgan fingerprint density at radius 3 is 2.44 bits per heavy atom. The number of pyridine rings is 1. The van der Waals surface area contributed by atoms with E-state index in [-0.39, 0.29) is 11.4 Å². The molecule has 1 atom stereocenters. The number of carbonyl (C=O) groups excluding carboxylic acids is 1. The molecule has 1 aliphatic heterocycles. The van der Waals surface area contributed by atoms with Crippen LogP contribution in [0.4, 0.5) is 13.2 Å². The number of nitrogens with one attached hydrogen (secondary N) is 2. The van der Waals surface area contributed by atoms with Gasteiger partial charge in [0, 0.05) is 41.5 Å². The molecule has 3 aliphatic carbocycles. The molecule has 6 rings (SSSR count).